The summed E-state index contributed by atoms with van der Waals surface area (Å²) in [5.41, 5.74) is 4.52. The van der Waals surface area contributed by atoms with Crippen molar-refractivity contribution in [3.63, 3.8) is 0 Å². The predicted octanol–water partition coefficient (Wildman–Crippen LogP) is 1.34. The Morgan fingerprint density at radius 1 is 0.963 bits per heavy atom. The van der Waals surface area contributed by atoms with Crippen molar-refractivity contribution in [2.24, 2.45) is 0 Å². The Labute approximate surface area is 160 Å². The average molecular weight is 364 g/mol. The maximum absolute atomic E-state index is 12.9. The van der Waals surface area contributed by atoms with Crippen LogP contribution in [0.2, 0.25) is 0 Å². The van der Waals surface area contributed by atoms with Gasteiger partial charge in [-0.1, -0.05) is 30.3 Å². The highest BCUT2D eigenvalue weighted by Gasteiger charge is 2.46. The molecule has 5 nitrogen and oxygen atoms in total. The Morgan fingerprint density at radius 2 is 1.67 bits per heavy atom. The van der Waals surface area contributed by atoms with Crippen LogP contribution in [0.1, 0.15) is 17.5 Å². The van der Waals surface area contributed by atoms with Gasteiger partial charge in [0, 0.05) is 5.69 Å². The topological polar surface area (TPSA) is 45.1 Å². The summed E-state index contributed by atoms with van der Waals surface area (Å²) in [5.74, 6) is -0.137. The molecule has 1 atom stereocenters. The predicted molar refractivity (Wildman–Crippen MR) is 106 cm³/mol. The molecule has 4 rings (SSSR count). The zero-order valence-electron chi connectivity index (χ0n) is 15.9. The van der Waals surface area contributed by atoms with Gasteiger partial charge in [-0.05, 0) is 43.2 Å². The van der Waals surface area contributed by atoms with Crippen molar-refractivity contribution in [2.75, 3.05) is 36.0 Å². The van der Waals surface area contributed by atoms with Crippen molar-refractivity contribution in [3.8, 4) is 0 Å². The second-order valence-corrected chi connectivity index (χ2v) is 7.59. The summed E-state index contributed by atoms with van der Waals surface area (Å²) < 4.78 is 0. The summed E-state index contributed by atoms with van der Waals surface area (Å²) in [7, 11) is 0. The molecule has 2 heterocycles. The van der Waals surface area contributed by atoms with Crippen molar-refractivity contribution >= 4 is 23.2 Å². The molecule has 5 heteroatoms. The SMILES string of the molecule is Cc1ccc(C)c(N2CC[NH+](C3CC(=O)N(c4ccccc4)C3=O)CC2)c1. The molecule has 2 aromatic carbocycles. The fourth-order valence-electron chi connectivity index (χ4n) is 4.24. The highest BCUT2D eigenvalue weighted by Crippen LogP contribution is 2.23. The molecule has 1 N–H and O–H groups in total. The minimum Gasteiger partial charge on any atom is -0.360 e. The maximum atomic E-state index is 12.9. The van der Waals surface area contributed by atoms with Gasteiger partial charge >= 0.3 is 0 Å². The van der Waals surface area contributed by atoms with E-state index in [0.717, 1.165) is 26.2 Å². The molecule has 2 saturated heterocycles. The van der Waals surface area contributed by atoms with E-state index in [0.29, 0.717) is 12.1 Å². The van der Waals surface area contributed by atoms with Crippen LogP contribution in [0.15, 0.2) is 48.5 Å². The van der Waals surface area contributed by atoms with Gasteiger partial charge in [-0.2, -0.15) is 0 Å². The average Bonchev–Trinajstić information content (AvgIpc) is 2.99. The number of anilines is 2. The minimum atomic E-state index is -0.251. The summed E-state index contributed by atoms with van der Waals surface area (Å²) in [6.07, 6.45) is 0.312. The van der Waals surface area contributed by atoms with Crippen molar-refractivity contribution in [1.29, 1.82) is 0 Å². The largest absolute Gasteiger partial charge is 0.360 e. The van der Waals surface area contributed by atoms with Crippen LogP contribution < -0.4 is 14.7 Å². The molecule has 0 spiro atoms. The van der Waals surface area contributed by atoms with Gasteiger partial charge in [-0.15, -0.1) is 0 Å². The van der Waals surface area contributed by atoms with E-state index in [1.807, 2.05) is 30.3 Å². The number of rotatable bonds is 3. The molecule has 1 unspecified atom stereocenters. The number of hydrogen-bond donors (Lipinski definition) is 1. The second-order valence-electron chi connectivity index (χ2n) is 7.59. The fraction of sp³-hybridized carbons (Fsp3) is 0.364. The Morgan fingerprint density at radius 3 is 2.37 bits per heavy atom. The van der Waals surface area contributed by atoms with E-state index in [-0.39, 0.29) is 17.9 Å². The number of hydrogen-bond acceptors (Lipinski definition) is 3. The normalized spacial score (nSPS) is 21.2. The fourth-order valence-corrected chi connectivity index (χ4v) is 4.24. The molecule has 0 aromatic heterocycles. The van der Waals surface area contributed by atoms with Crippen LogP contribution >= 0.6 is 0 Å². The van der Waals surface area contributed by atoms with E-state index in [1.165, 1.54) is 26.6 Å². The van der Waals surface area contributed by atoms with E-state index < -0.39 is 0 Å². The third-order valence-electron chi connectivity index (χ3n) is 5.76. The molecule has 2 amide bonds. The minimum absolute atomic E-state index is 0.0543. The lowest BCUT2D eigenvalue weighted by Crippen LogP contribution is -3.19. The molecule has 27 heavy (non-hydrogen) atoms. The number of carbonyl (C=O) groups excluding carboxylic acids is 2. The quantitative estimate of drug-likeness (QED) is 0.836. The van der Waals surface area contributed by atoms with E-state index >= 15 is 0 Å². The van der Waals surface area contributed by atoms with Gasteiger partial charge in [-0.25, -0.2) is 4.90 Å². The molecule has 2 aliphatic rings. The van der Waals surface area contributed by atoms with Crippen LogP contribution in [0.3, 0.4) is 0 Å². The Balaban J connectivity index is 1.45. The highest BCUT2D eigenvalue weighted by molar-refractivity contribution is 6.21. The molecule has 2 aliphatic heterocycles. The van der Waals surface area contributed by atoms with Gasteiger partial charge in [0.1, 0.15) is 0 Å². The summed E-state index contributed by atoms with van der Waals surface area (Å²) in [6.45, 7) is 7.82. The number of quaternary nitrogens is 1. The van der Waals surface area contributed by atoms with Crippen LogP contribution in [-0.2, 0) is 9.59 Å². The Kier molecular flexibility index (Phi) is 4.70. The number of nitrogens with zero attached hydrogens (tertiary/aromatic N) is 2. The first-order valence-corrected chi connectivity index (χ1v) is 9.63. The highest BCUT2D eigenvalue weighted by atomic mass is 16.2. The van der Waals surface area contributed by atoms with Gasteiger partial charge in [0.2, 0.25) is 5.91 Å². The van der Waals surface area contributed by atoms with Crippen LogP contribution in [0.4, 0.5) is 11.4 Å². The zero-order chi connectivity index (χ0) is 19.0. The number of nitrogens with one attached hydrogen (secondary N) is 1. The number of amides is 2. The van der Waals surface area contributed by atoms with E-state index in [4.69, 9.17) is 0 Å². The summed E-state index contributed by atoms with van der Waals surface area (Å²) in [6, 6.07) is 15.6. The summed E-state index contributed by atoms with van der Waals surface area (Å²) in [4.78, 5) is 30.4. The number of imide groups is 1. The van der Waals surface area contributed by atoms with Gasteiger partial charge in [0.05, 0.1) is 38.3 Å². The van der Waals surface area contributed by atoms with Gasteiger partial charge in [-0.3, -0.25) is 9.59 Å². The molecule has 2 aromatic rings. The van der Waals surface area contributed by atoms with Crippen LogP contribution in [0, 0.1) is 13.8 Å². The molecule has 140 valence electrons. The summed E-state index contributed by atoms with van der Waals surface area (Å²) in [5, 5.41) is 0. The summed E-state index contributed by atoms with van der Waals surface area (Å²) >= 11 is 0. The molecule has 0 aliphatic carbocycles. The van der Waals surface area contributed by atoms with Gasteiger partial charge < -0.3 is 9.80 Å². The second kappa shape index (κ2) is 7.16. The molecule has 0 radical (unpaired) electrons. The molecular formula is C22H26N3O2+. The number of aryl methyl sites for hydroxylation is 2. The first-order valence-electron chi connectivity index (χ1n) is 9.63. The first-order chi connectivity index (χ1) is 13.0. The van der Waals surface area contributed by atoms with Crippen LogP contribution in [-0.4, -0.2) is 44.0 Å². The molecule has 2 fully saturated rings. The van der Waals surface area contributed by atoms with Gasteiger partial charge in [0.25, 0.3) is 5.91 Å². The number of para-hydroxylation sites is 1. The lowest BCUT2D eigenvalue weighted by Gasteiger charge is -2.36. The monoisotopic (exact) mass is 364 g/mol. The molecular weight excluding hydrogens is 338 g/mol. The number of benzene rings is 2. The lowest BCUT2D eigenvalue weighted by atomic mass is 10.1. The van der Waals surface area contributed by atoms with Crippen molar-refractivity contribution in [2.45, 2.75) is 26.3 Å². The van der Waals surface area contributed by atoms with Crippen molar-refractivity contribution in [3.05, 3.63) is 59.7 Å². The van der Waals surface area contributed by atoms with Crippen molar-refractivity contribution in [1.82, 2.24) is 0 Å². The van der Waals surface area contributed by atoms with Crippen molar-refractivity contribution < 1.29 is 14.5 Å². The van der Waals surface area contributed by atoms with Crippen LogP contribution in [0.5, 0.6) is 0 Å². The molecule has 0 saturated carbocycles. The Bertz CT molecular complexity index is 857. The van der Waals surface area contributed by atoms with Crippen LogP contribution in [0.25, 0.3) is 0 Å². The smallest absolute Gasteiger partial charge is 0.292 e. The third-order valence-corrected chi connectivity index (χ3v) is 5.76. The standard InChI is InChI=1S/C22H25N3O2/c1-16-8-9-17(2)19(14-16)23-10-12-24(13-11-23)20-15-21(26)25(22(20)27)18-6-4-3-5-7-18/h3-9,14,20H,10-13,15H2,1-2H3/p+1. The molecule has 0 bridgehead atoms. The number of carbonyl (C=O) groups is 2. The first kappa shape index (κ1) is 17.7. The van der Waals surface area contributed by atoms with E-state index in [1.54, 1.807) is 0 Å². The van der Waals surface area contributed by atoms with E-state index in [9.17, 15) is 9.59 Å². The maximum Gasteiger partial charge on any atom is 0.292 e. The zero-order valence-corrected chi connectivity index (χ0v) is 15.9. The van der Waals surface area contributed by atoms with E-state index in [2.05, 4.69) is 36.9 Å². The lowest BCUT2D eigenvalue weighted by molar-refractivity contribution is -0.915. The Hall–Kier alpha value is -2.66. The number of piperazine rings is 1. The van der Waals surface area contributed by atoms with Gasteiger partial charge in [0.15, 0.2) is 6.04 Å². The third kappa shape index (κ3) is 3.35.